The lowest BCUT2D eigenvalue weighted by molar-refractivity contribution is -0.146. The van der Waals surface area contributed by atoms with Gasteiger partial charge in [-0.15, -0.1) is 0 Å². The van der Waals surface area contributed by atoms with E-state index in [9.17, 15) is 26.7 Å². The summed E-state index contributed by atoms with van der Waals surface area (Å²) in [6.45, 7) is 0. The Morgan fingerprint density at radius 1 is 1.00 bits per heavy atom. The molecule has 0 unspecified atom stereocenters. The van der Waals surface area contributed by atoms with Crippen LogP contribution in [0, 0.1) is 0 Å². The molecule has 0 aliphatic heterocycles. The Bertz CT molecular complexity index is 408. The number of carboxylic acids is 1. The zero-order valence-corrected chi connectivity index (χ0v) is 8.26. The maximum Gasteiger partial charge on any atom is 0.416 e. The molecule has 0 saturated carbocycles. The summed E-state index contributed by atoms with van der Waals surface area (Å²) in [7, 11) is 0. The quantitative estimate of drug-likeness (QED) is 0.840. The predicted molar refractivity (Wildman–Crippen MR) is 47.6 cm³/mol. The summed E-state index contributed by atoms with van der Waals surface area (Å²) in [5.41, 5.74) is -1.82. The number of hydrogen-bond donors (Lipinski definition) is 1. The van der Waals surface area contributed by atoms with E-state index in [0.717, 1.165) is 0 Å². The minimum absolute atomic E-state index is 0.491. The Hall–Kier alpha value is -1.66. The number of hydrogen-bond acceptors (Lipinski definition) is 1. The molecule has 2 nitrogen and oxygen atoms in total. The molecule has 1 rings (SSSR count). The van der Waals surface area contributed by atoms with Gasteiger partial charge in [-0.05, 0) is 12.1 Å². The summed E-state index contributed by atoms with van der Waals surface area (Å²) in [6, 6.07) is 2.13. The van der Waals surface area contributed by atoms with E-state index in [0.29, 0.717) is 24.3 Å². The normalized spacial score (nSPS) is 12.5. The topological polar surface area (TPSA) is 37.3 Å². The third-order valence-electron chi connectivity index (χ3n) is 2.01. The molecule has 7 heteroatoms. The van der Waals surface area contributed by atoms with Gasteiger partial charge in [-0.25, -0.2) is 8.78 Å². The van der Waals surface area contributed by atoms with Crippen LogP contribution in [0.3, 0.4) is 0 Å². The van der Waals surface area contributed by atoms with Crippen LogP contribution in [-0.2, 0) is 16.9 Å². The first-order chi connectivity index (χ1) is 7.63. The molecule has 1 aromatic rings. The summed E-state index contributed by atoms with van der Waals surface area (Å²) >= 11 is 0. The average Bonchev–Trinajstić information content (AvgIpc) is 2.14. The zero-order valence-electron chi connectivity index (χ0n) is 8.26. The molecule has 0 bridgehead atoms. The number of aliphatic carboxylic acids is 1. The van der Waals surface area contributed by atoms with Crippen molar-refractivity contribution in [3.63, 3.8) is 0 Å². The summed E-state index contributed by atoms with van der Waals surface area (Å²) < 4.78 is 62.8. The van der Waals surface area contributed by atoms with E-state index in [1.165, 1.54) is 0 Å². The number of carboxylic acid groups (broad SMARTS) is 1. The van der Waals surface area contributed by atoms with Gasteiger partial charge in [0.1, 0.15) is 6.42 Å². The number of rotatable bonds is 3. The SMILES string of the molecule is O=C(O)CC(F)(F)c1ccc(C(F)(F)F)cc1. The van der Waals surface area contributed by atoms with Gasteiger partial charge >= 0.3 is 12.1 Å². The summed E-state index contributed by atoms with van der Waals surface area (Å²) in [5, 5.41) is 8.23. The molecule has 17 heavy (non-hydrogen) atoms. The second-order valence-electron chi connectivity index (χ2n) is 3.35. The smallest absolute Gasteiger partial charge is 0.416 e. The van der Waals surface area contributed by atoms with E-state index in [1.54, 1.807) is 0 Å². The van der Waals surface area contributed by atoms with E-state index >= 15 is 0 Å². The monoisotopic (exact) mass is 254 g/mol. The molecule has 0 aliphatic carbocycles. The van der Waals surface area contributed by atoms with Gasteiger partial charge in [-0.2, -0.15) is 13.2 Å². The molecule has 0 heterocycles. The third-order valence-corrected chi connectivity index (χ3v) is 2.01. The van der Waals surface area contributed by atoms with Crippen molar-refractivity contribution in [2.75, 3.05) is 0 Å². The van der Waals surface area contributed by atoms with Crippen LogP contribution in [0.15, 0.2) is 24.3 Å². The first-order valence-corrected chi connectivity index (χ1v) is 4.40. The second-order valence-corrected chi connectivity index (χ2v) is 3.35. The van der Waals surface area contributed by atoms with Gasteiger partial charge in [-0.3, -0.25) is 4.79 Å². The summed E-state index contributed by atoms with van der Waals surface area (Å²) in [4.78, 5) is 10.2. The maximum absolute atomic E-state index is 13.2. The lowest BCUT2D eigenvalue weighted by Crippen LogP contribution is -2.18. The van der Waals surface area contributed by atoms with Gasteiger partial charge in [0, 0.05) is 5.56 Å². The number of alkyl halides is 5. The predicted octanol–water partition coefficient (Wildman–Crippen LogP) is 3.27. The van der Waals surface area contributed by atoms with Crippen molar-refractivity contribution in [1.29, 1.82) is 0 Å². The van der Waals surface area contributed by atoms with E-state index in [-0.39, 0.29) is 0 Å². The molecule has 0 fully saturated rings. The molecule has 0 saturated heterocycles. The Labute approximate surface area is 92.7 Å². The molecule has 94 valence electrons. The van der Waals surface area contributed by atoms with Crippen molar-refractivity contribution in [3.05, 3.63) is 35.4 Å². The van der Waals surface area contributed by atoms with Gasteiger partial charge in [0.15, 0.2) is 0 Å². The van der Waals surface area contributed by atoms with E-state index in [1.807, 2.05) is 0 Å². The van der Waals surface area contributed by atoms with Crippen molar-refractivity contribution in [3.8, 4) is 0 Å². The second kappa shape index (κ2) is 4.31. The van der Waals surface area contributed by atoms with Crippen molar-refractivity contribution < 1.29 is 31.9 Å². The van der Waals surface area contributed by atoms with Crippen LogP contribution in [0.2, 0.25) is 0 Å². The van der Waals surface area contributed by atoms with Crippen LogP contribution in [0.1, 0.15) is 17.5 Å². The molecule has 0 aromatic heterocycles. The van der Waals surface area contributed by atoms with E-state index in [4.69, 9.17) is 5.11 Å². The molecule has 0 amide bonds. The molecule has 0 radical (unpaired) electrons. The van der Waals surface area contributed by atoms with Gasteiger partial charge in [0.2, 0.25) is 0 Å². The van der Waals surface area contributed by atoms with E-state index in [2.05, 4.69) is 0 Å². The Balaban J connectivity index is 2.98. The highest BCUT2D eigenvalue weighted by Gasteiger charge is 2.36. The van der Waals surface area contributed by atoms with Crippen molar-refractivity contribution in [1.82, 2.24) is 0 Å². The van der Waals surface area contributed by atoms with Crippen LogP contribution in [0.4, 0.5) is 22.0 Å². The van der Waals surface area contributed by atoms with Gasteiger partial charge in [-0.1, -0.05) is 12.1 Å². The lowest BCUT2D eigenvalue weighted by atomic mass is 10.0. The summed E-state index contributed by atoms with van der Waals surface area (Å²) in [6.07, 6.45) is -6.07. The van der Waals surface area contributed by atoms with Crippen LogP contribution < -0.4 is 0 Å². The Morgan fingerprint density at radius 3 is 1.76 bits per heavy atom. The fraction of sp³-hybridized carbons (Fsp3) is 0.300. The molecule has 0 aliphatic rings. The average molecular weight is 254 g/mol. The van der Waals surface area contributed by atoms with Crippen LogP contribution >= 0.6 is 0 Å². The van der Waals surface area contributed by atoms with Crippen molar-refractivity contribution >= 4 is 5.97 Å². The fourth-order valence-electron chi connectivity index (χ4n) is 1.20. The molecular formula is C10H7F5O2. The highest BCUT2D eigenvalue weighted by molar-refractivity contribution is 5.68. The number of carbonyl (C=O) groups is 1. The fourth-order valence-corrected chi connectivity index (χ4v) is 1.20. The van der Waals surface area contributed by atoms with Crippen LogP contribution in [0.5, 0.6) is 0 Å². The largest absolute Gasteiger partial charge is 0.481 e. The Kier molecular flexibility index (Phi) is 3.40. The molecule has 0 spiro atoms. The third kappa shape index (κ3) is 3.40. The van der Waals surface area contributed by atoms with E-state index < -0.39 is 35.6 Å². The molecule has 1 N–H and O–H groups in total. The van der Waals surface area contributed by atoms with Gasteiger partial charge < -0.3 is 5.11 Å². The van der Waals surface area contributed by atoms with Gasteiger partial charge in [0.25, 0.3) is 5.92 Å². The first-order valence-electron chi connectivity index (χ1n) is 4.40. The minimum atomic E-state index is -4.61. The highest BCUT2D eigenvalue weighted by atomic mass is 19.4. The highest BCUT2D eigenvalue weighted by Crippen LogP contribution is 2.34. The van der Waals surface area contributed by atoms with Crippen molar-refractivity contribution in [2.24, 2.45) is 0 Å². The number of benzene rings is 1. The van der Waals surface area contributed by atoms with Crippen molar-refractivity contribution in [2.45, 2.75) is 18.5 Å². The molecule has 0 atom stereocenters. The maximum atomic E-state index is 13.2. The Morgan fingerprint density at radius 2 is 1.41 bits per heavy atom. The van der Waals surface area contributed by atoms with Gasteiger partial charge in [0.05, 0.1) is 5.56 Å². The van der Waals surface area contributed by atoms with Crippen LogP contribution in [-0.4, -0.2) is 11.1 Å². The lowest BCUT2D eigenvalue weighted by Gasteiger charge is -2.15. The number of halogens is 5. The molecule has 1 aromatic carbocycles. The standard InChI is InChI=1S/C10H7F5O2/c11-9(12,5-8(16)17)6-1-3-7(4-2-6)10(13,14)15/h1-4H,5H2,(H,16,17). The first kappa shape index (κ1) is 13.4. The molecular weight excluding hydrogens is 247 g/mol. The minimum Gasteiger partial charge on any atom is -0.481 e. The summed E-state index contributed by atoms with van der Waals surface area (Å²) in [5.74, 6) is -5.41. The van der Waals surface area contributed by atoms with Crippen LogP contribution in [0.25, 0.3) is 0 Å². The zero-order chi connectivity index (χ0) is 13.3.